The fourth-order valence-electron chi connectivity index (χ4n) is 4.82. The third kappa shape index (κ3) is 1.41. The number of rotatable bonds is 1. The first-order chi connectivity index (χ1) is 9.37. The van der Waals surface area contributed by atoms with Gasteiger partial charge in [-0.3, -0.25) is 0 Å². The SMILES string of the molecule is c1ccc2oc(N3C4CC5CC(C4)CC3C5)nc2c1. The molecule has 3 nitrogen and oxygen atoms in total. The summed E-state index contributed by atoms with van der Waals surface area (Å²) in [6.07, 6.45) is 6.89. The normalized spacial score (nSPS) is 36.3. The van der Waals surface area contributed by atoms with Crippen molar-refractivity contribution >= 4 is 17.1 Å². The van der Waals surface area contributed by atoms with E-state index in [1.165, 1.54) is 32.1 Å². The molecule has 3 heterocycles. The Bertz CT molecular complexity index is 571. The molecule has 0 amide bonds. The molecule has 1 aromatic heterocycles. The molecule has 4 fully saturated rings. The van der Waals surface area contributed by atoms with E-state index in [2.05, 4.69) is 4.90 Å². The predicted molar refractivity (Wildman–Crippen MR) is 74.1 cm³/mol. The van der Waals surface area contributed by atoms with Crippen molar-refractivity contribution in [2.75, 3.05) is 4.90 Å². The fraction of sp³-hybridized carbons (Fsp3) is 0.562. The molecule has 19 heavy (non-hydrogen) atoms. The molecular weight excluding hydrogens is 236 g/mol. The van der Waals surface area contributed by atoms with Crippen molar-refractivity contribution in [2.45, 2.75) is 44.2 Å². The van der Waals surface area contributed by atoms with Gasteiger partial charge in [0.25, 0.3) is 6.01 Å². The maximum atomic E-state index is 6.01. The summed E-state index contributed by atoms with van der Waals surface area (Å²) in [7, 11) is 0. The second-order valence-corrected chi connectivity index (χ2v) is 6.59. The topological polar surface area (TPSA) is 29.3 Å². The van der Waals surface area contributed by atoms with Gasteiger partial charge in [-0.05, 0) is 56.1 Å². The minimum Gasteiger partial charge on any atom is -0.423 e. The van der Waals surface area contributed by atoms with Crippen molar-refractivity contribution in [1.29, 1.82) is 0 Å². The number of nitrogens with zero attached hydrogens (tertiary/aromatic N) is 2. The summed E-state index contributed by atoms with van der Waals surface area (Å²) in [4.78, 5) is 7.22. The van der Waals surface area contributed by atoms with E-state index in [4.69, 9.17) is 9.40 Å². The van der Waals surface area contributed by atoms with Gasteiger partial charge in [0.05, 0.1) is 0 Å². The third-order valence-corrected chi connectivity index (χ3v) is 5.38. The third-order valence-electron chi connectivity index (χ3n) is 5.38. The van der Waals surface area contributed by atoms with Crippen LogP contribution in [0.25, 0.3) is 11.1 Å². The van der Waals surface area contributed by atoms with Gasteiger partial charge in [-0.1, -0.05) is 12.1 Å². The minimum atomic E-state index is 0.685. The van der Waals surface area contributed by atoms with Crippen LogP contribution in [0.15, 0.2) is 28.7 Å². The van der Waals surface area contributed by atoms with Gasteiger partial charge in [0.2, 0.25) is 0 Å². The molecule has 4 aliphatic rings. The number of para-hydroxylation sites is 2. The molecular formula is C16H18N2O. The zero-order chi connectivity index (χ0) is 12.4. The highest BCUT2D eigenvalue weighted by Gasteiger charge is 2.48. The zero-order valence-electron chi connectivity index (χ0n) is 11.0. The number of fused-ring (bicyclic) bond motifs is 1. The first-order valence-electron chi connectivity index (χ1n) is 7.51. The van der Waals surface area contributed by atoms with Gasteiger partial charge in [-0.15, -0.1) is 0 Å². The molecule has 2 aliphatic carbocycles. The lowest BCUT2D eigenvalue weighted by Gasteiger charge is -2.55. The highest BCUT2D eigenvalue weighted by atomic mass is 16.4. The lowest BCUT2D eigenvalue weighted by Crippen LogP contribution is -2.58. The lowest BCUT2D eigenvalue weighted by atomic mass is 9.64. The van der Waals surface area contributed by atoms with Crippen LogP contribution in [0.4, 0.5) is 6.01 Å². The Kier molecular flexibility index (Phi) is 1.91. The highest BCUT2D eigenvalue weighted by molar-refractivity contribution is 5.74. The average Bonchev–Trinajstić information content (AvgIpc) is 2.80. The Labute approximate surface area is 112 Å². The molecule has 98 valence electrons. The largest absolute Gasteiger partial charge is 0.423 e. The summed E-state index contributed by atoms with van der Waals surface area (Å²) in [6, 6.07) is 10.3. The monoisotopic (exact) mass is 254 g/mol. The van der Waals surface area contributed by atoms with E-state index in [0.29, 0.717) is 12.1 Å². The van der Waals surface area contributed by atoms with Crippen molar-refractivity contribution in [3.63, 3.8) is 0 Å². The van der Waals surface area contributed by atoms with Crippen molar-refractivity contribution in [2.24, 2.45) is 11.8 Å². The van der Waals surface area contributed by atoms with Crippen molar-refractivity contribution < 1.29 is 4.42 Å². The lowest BCUT2D eigenvalue weighted by molar-refractivity contribution is 0.0854. The Morgan fingerprint density at radius 1 is 0.947 bits per heavy atom. The van der Waals surface area contributed by atoms with E-state index in [1.807, 2.05) is 24.3 Å². The molecule has 0 atom stereocenters. The van der Waals surface area contributed by atoms with Gasteiger partial charge in [0.1, 0.15) is 5.52 Å². The first kappa shape index (κ1) is 10.3. The predicted octanol–water partition coefficient (Wildman–Crippen LogP) is 3.60. The van der Waals surface area contributed by atoms with E-state index < -0.39 is 0 Å². The van der Waals surface area contributed by atoms with Crippen LogP contribution < -0.4 is 4.90 Å². The number of hydrogen-bond donors (Lipinski definition) is 0. The summed E-state index contributed by atoms with van der Waals surface area (Å²) >= 11 is 0. The van der Waals surface area contributed by atoms with Gasteiger partial charge in [0, 0.05) is 12.1 Å². The van der Waals surface area contributed by atoms with Crippen LogP contribution in [0.3, 0.4) is 0 Å². The minimum absolute atomic E-state index is 0.685. The number of benzene rings is 1. The second kappa shape index (κ2) is 3.53. The number of hydrogen-bond acceptors (Lipinski definition) is 3. The molecule has 2 saturated heterocycles. The Hall–Kier alpha value is -1.51. The number of piperidine rings is 2. The van der Waals surface area contributed by atoms with Gasteiger partial charge >= 0.3 is 0 Å². The Morgan fingerprint density at radius 2 is 1.63 bits per heavy atom. The quantitative estimate of drug-likeness (QED) is 0.778. The number of oxazole rings is 1. The van der Waals surface area contributed by atoms with E-state index in [0.717, 1.165) is 29.0 Å². The Morgan fingerprint density at radius 3 is 2.32 bits per heavy atom. The summed E-state index contributed by atoms with van der Waals surface area (Å²) in [6.45, 7) is 0. The molecule has 0 radical (unpaired) electrons. The van der Waals surface area contributed by atoms with Crippen LogP contribution in [0, 0.1) is 11.8 Å². The molecule has 0 spiro atoms. The first-order valence-corrected chi connectivity index (χ1v) is 7.51. The summed E-state index contributed by atoms with van der Waals surface area (Å²) in [5, 5.41) is 0. The maximum Gasteiger partial charge on any atom is 0.298 e. The molecule has 2 saturated carbocycles. The number of anilines is 1. The van der Waals surface area contributed by atoms with Crippen molar-refractivity contribution in [3.05, 3.63) is 24.3 Å². The van der Waals surface area contributed by atoms with E-state index >= 15 is 0 Å². The fourth-order valence-corrected chi connectivity index (χ4v) is 4.82. The highest BCUT2D eigenvalue weighted by Crippen LogP contribution is 2.50. The van der Waals surface area contributed by atoms with Crippen LogP contribution >= 0.6 is 0 Å². The van der Waals surface area contributed by atoms with Crippen LogP contribution in [0.2, 0.25) is 0 Å². The average molecular weight is 254 g/mol. The molecule has 0 unspecified atom stereocenters. The van der Waals surface area contributed by atoms with Gasteiger partial charge in [0.15, 0.2) is 5.58 Å². The molecule has 6 rings (SSSR count). The van der Waals surface area contributed by atoms with Crippen LogP contribution in [0.5, 0.6) is 0 Å². The van der Waals surface area contributed by atoms with Crippen LogP contribution in [-0.2, 0) is 0 Å². The molecule has 2 aliphatic heterocycles. The Balaban J connectivity index is 1.58. The summed E-state index contributed by atoms with van der Waals surface area (Å²) in [5.41, 5.74) is 1.91. The molecule has 1 aromatic carbocycles. The van der Waals surface area contributed by atoms with E-state index in [9.17, 15) is 0 Å². The van der Waals surface area contributed by atoms with Crippen LogP contribution in [-0.4, -0.2) is 17.1 Å². The summed E-state index contributed by atoms with van der Waals surface area (Å²) < 4.78 is 6.01. The molecule has 2 aromatic rings. The smallest absolute Gasteiger partial charge is 0.298 e. The second-order valence-electron chi connectivity index (χ2n) is 6.59. The van der Waals surface area contributed by atoms with Gasteiger partial charge in [-0.2, -0.15) is 4.98 Å². The molecule has 4 bridgehead atoms. The van der Waals surface area contributed by atoms with Gasteiger partial charge in [-0.25, -0.2) is 0 Å². The molecule has 3 heteroatoms. The van der Waals surface area contributed by atoms with E-state index in [1.54, 1.807) is 0 Å². The van der Waals surface area contributed by atoms with Crippen molar-refractivity contribution in [1.82, 2.24) is 4.98 Å². The van der Waals surface area contributed by atoms with Crippen LogP contribution in [0.1, 0.15) is 32.1 Å². The van der Waals surface area contributed by atoms with E-state index in [-0.39, 0.29) is 0 Å². The van der Waals surface area contributed by atoms with Gasteiger partial charge < -0.3 is 9.32 Å². The summed E-state index contributed by atoms with van der Waals surface area (Å²) in [5.74, 6) is 1.95. The standard InChI is InChI=1S/C16H18N2O/c1-2-4-15-14(3-1)17-16(19-15)18-12-6-10-5-11(8-12)9-13(18)7-10/h1-4,10-13H,5-9H2. The van der Waals surface area contributed by atoms with Crippen molar-refractivity contribution in [3.8, 4) is 0 Å². The maximum absolute atomic E-state index is 6.01. The zero-order valence-corrected chi connectivity index (χ0v) is 11.0. The molecule has 0 N–H and O–H groups in total. The number of aromatic nitrogens is 1.